The van der Waals surface area contributed by atoms with E-state index in [9.17, 15) is 14.4 Å². The first-order valence-corrected chi connectivity index (χ1v) is 9.20. The van der Waals surface area contributed by atoms with Crippen molar-refractivity contribution in [3.8, 4) is 11.8 Å². The van der Waals surface area contributed by atoms with Gasteiger partial charge in [-0.1, -0.05) is 5.92 Å². The van der Waals surface area contributed by atoms with E-state index in [-0.39, 0.29) is 30.9 Å². The number of esters is 1. The average Bonchev–Trinajstić information content (AvgIpc) is 3.08. The number of piperazine rings is 1. The molecule has 10 heteroatoms. The molecule has 0 atom stereocenters. The fourth-order valence-corrected chi connectivity index (χ4v) is 3.24. The van der Waals surface area contributed by atoms with Crippen LogP contribution in [0.25, 0.3) is 11.2 Å². The third-order valence-electron chi connectivity index (χ3n) is 4.62. The fourth-order valence-electron chi connectivity index (χ4n) is 3.24. The number of rotatable bonds is 5. The van der Waals surface area contributed by atoms with Gasteiger partial charge in [-0.2, -0.15) is 4.98 Å². The zero-order valence-electron chi connectivity index (χ0n) is 16.3. The monoisotopic (exact) mass is 388 g/mol. The third kappa shape index (κ3) is 3.53. The van der Waals surface area contributed by atoms with Crippen LogP contribution in [0.4, 0.5) is 5.95 Å². The molecule has 1 aliphatic heterocycles. The first kappa shape index (κ1) is 19.7. The summed E-state index contributed by atoms with van der Waals surface area (Å²) in [6.07, 6.45) is 0. The number of hydrogen-bond acceptors (Lipinski definition) is 7. The lowest BCUT2D eigenvalue weighted by Gasteiger charge is -2.28. The third-order valence-corrected chi connectivity index (χ3v) is 4.62. The second kappa shape index (κ2) is 8.31. The summed E-state index contributed by atoms with van der Waals surface area (Å²) in [7, 11) is 1.39. The molecule has 0 aliphatic carbocycles. The fraction of sp³-hybridized carbons (Fsp3) is 0.556. The van der Waals surface area contributed by atoms with Crippen LogP contribution in [0, 0.1) is 11.8 Å². The van der Waals surface area contributed by atoms with Crippen molar-refractivity contribution in [2.24, 2.45) is 7.05 Å². The number of carbonyl (C=O) groups is 1. The second-order valence-corrected chi connectivity index (χ2v) is 6.37. The molecular weight excluding hydrogens is 364 g/mol. The maximum absolute atomic E-state index is 12.9. The SMILES string of the molecule is CC#CCn1c(N2CCNCC2)nc2c1c(=O)n(C)c(=O)n2CC(=O)OCC. The first-order chi connectivity index (χ1) is 13.5. The predicted octanol–water partition coefficient (Wildman–Crippen LogP) is -1.11. The van der Waals surface area contributed by atoms with Crippen LogP contribution >= 0.6 is 0 Å². The number of hydrogen-bond donors (Lipinski definition) is 1. The van der Waals surface area contributed by atoms with Crippen molar-refractivity contribution in [1.29, 1.82) is 0 Å². The quantitative estimate of drug-likeness (QED) is 0.512. The summed E-state index contributed by atoms with van der Waals surface area (Å²) >= 11 is 0. The Hall–Kier alpha value is -3.06. The van der Waals surface area contributed by atoms with Crippen LogP contribution < -0.4 is 21.5 Å². The van der Waals surface area contributed by atoms with Gasteiger partial charge in [-0.05, 0) is 13.8 Å². The van der Waals surface area contributed by atoms with Crippen molar-refractivity contribution in [3.63, 3.8) is 0 Å². The molecule has 1 N–H and O–H groups in total. The summed E-state index contributed by atoms with van der Waals surface area (Å²) in [5.41, 5.74) is -0.647. The van der Waals surface area contributed by atoms with Crippen molar-refractivity contribution in [2.75, 3.05) is 37.7 Å². The second-order valence-electron chi connectivity index (χ2n) is 6.37. The van der Waals surface area contributed by atoms with Crippen LogP contribution in [0.2, 0.25) is 0 Å². The molecule has 0 aromatic carbocycles. The summed E-state index contributed by atoms with van der Waals surface area (Å²) in [6.45, 7) is 6.57. The Bertz CT molecular complexity index is 1060. The van der Waals surface area contributed by atoms with Gasteiger partial charge in [0.25, 0.3) is 5.56 Å². The molecule has 0 radical (unpaired) electrons. The van der Waals surface area contributed by atoms with E-state index in [1.807, 2.05) is 4.90 Å². The molecule has 0 unspecified atom stereocenters. The maximum Gasteiger partial charge on any atom is 0.333 e. The van der Waals surface area contributed by atoms with Gasteiger partial charge in [0, 0.05) is 33.2 Å². The number of nitrogens with one attached hydrogen (secondary N) is 1. The highest BCUT2D eigenvalue weighted by atomic mass is 16.5. The van der Waals surface area contributed by atoms with Crippen molar-refractivity contribution < 1.29 is 9.53 Å². The van der Waals surface area contributed by atoms with Crippen molar-refractivity contribution >= 4 is 23.1 Å². The number of carbonyl (C=O) groups excluding carboxylic acids is 1. The van der Waals surface area contributed by atoms with E-state index >= 15 is 0 Å². The first-order valence-electron chi connectivity index (χ1n) is 9.20. The van der Waals surface area contributed by atoms with E-state index in [2.05, 4.69) is 22.1 Å². The minimum absolute atomic E-state index is 0.174. The Balaban J connectivity index is 2.27. The lowest BCUT2D eigenvalue weighted by molar-refractivity contribution is -0.143. The normalized spacial score (nSPS) is 14.0. The smallest absolute Gasteiger partial charge is 0.333 e. The van der Waals surface area contributed by atoms with Gasteiger partial charge in [0.1, 0.15) is 6.54 Å². The molecule has 3 heterocycles. The zero-order chi connectivity index (χ0) is 20.3. The topological polar surface area (TPSA) is 103 Å². The highest BCUT2D eigenvalue weighted by Gasteiger charge is 2.25. The standard InChI is InChI=1S/C18H24N6O4/c1-4-6-9-23-14-15(20-17(23)22-10-7-19-8-11-22)24(12-13(25)28-5-2)18(27)21(3)16(14)26/h19H,5,7-12H2,1-3H3. The van der Waals surface area contributed by atoms with Gasteiger partial charge >= 0.3 is 11.7 Å². The van der Waals surface area contributed by atoms with E-state index in [0.29, 0.717) is 19.0 Å². The molecule has 1 saturated heterocycles. The minimum atomic E-state index is -0.608. The summed E-state index contributed by atoms with van der Waals surface area (Å²) in [4.78, 5) is 44.2. The zero-order valence-corrected chi connectivity index (χ0v) is 16.3. The molecular formula is C18H24N6O4. The Morgan fingerprint density at radius 3 is 2.61 bits per heavy atom. The van der Waals surface area contributed by atoms with Gasteiger partial charge in [-0.15, -0.1) is 5.92 Å². The number of fused-ring (bicyclic) bond motifs is 1. The van der Waals surface area contributed by atoms with Crippen LogP contribution in [0.15, 0.2) is 9.59 Å². The number of anilines is 1. The van der Waals surface area contributed by atoms with Crippen LogP contribution in [-0.2, 0) is 29.7 Å². The Kier molecular flexibility index (Phi) is 5.84. The Morgan fingerprint density at radius 2 is 1.96 bits per heavy atom. The molecule has 150 valence electrons. The molecule has 0 bridgehead atoms. The van der Waals surface area contributed by atoms with Gasteiger partial charge in [0.05, 0.1) is 13.2 Å². The summed E-state index contributed by atoms with van der Waals surface area (Å²) in [6, 6.07) is 0. The molecule has 1 fully saturated rings. The van der Waals surface area contributed by atoms with E-state index in [0.717, 1.165) is 17.7 Å². The molecule has 28 heavy (non-hydrogen) atoms. The molecule has 10 nitrogen and oxygen atoms in total. The summed E-state index contributed by atoms with van der Waals surface area (Å²) in [5.74, 6) is 5.81. The van der Waals surface area contributed by atoms with E-state index < -0.39 is 17.2 Å². The molecule has 0 spiro atoms. The van der Waals surface area contributed by atoms with Crippen molar-refractivity contribution in [3.05, 3.63) is 20.8 Å². The van der Waals surface area contributed by atoms with Crippen LogP contribution in [0.1, 0.15) is 13.8 Å². The van der Waals surface area contributed by atoms with Crippen LogP contribution in [-0.4, -0.2) is 57.4 Å². The molecule has 2 aromatic heterocycles. The van der Waals surface area contributed by atoms with Gasteiger partial charge in [0.15, 0.2) is 11.2 Å². The largest absolute Gasteiger partial charge is 0.465 e. The molecule has 2 aromatic rings. The van der Waals surface area contributed by atoms with Gasteiger partial charge in [0.2, 0.25) is 5.95 Å². The van der Waals surface area contributed by atoms with E-state index in [4.69, 9.17) is 4.74 Å². The predicted molar refractivity (Wildman–Crippen MR) is 104 cm³/mol. The molecule has 0 amide bonds. The molecule has 1 aliphatic rings. The Labute approximate surface area is 161 Å². The van der Waals surface area contributed by atoms with Gasteiger partial charge in [-0.3, -0.25) is 23.3 Å². The maximum atomic E-state index is 12.9. The highest BCUT2D eigenvalue weighted by Crippen LogP contribution is 2.20. The highest BCUT2D eigenvalue weighted by molar-refractivity contribution is 5.77. The summed E-state index contributed by atoms with van der Waals surface area (Å²) < 4.78 is 8.88. The van der Waals surface area contributed by atoms with Crippen molar-refractivity contribution in [1.82, 2.24) is 24.0 Å². The number of imidazole rings is 1. The average molecular weight is 388 g/mol. The lowest BCUT2D eigenvalue weighted by atomic mass is 10.4. The van der Waals surface area contributed by atoms with E-state index in [1.54, 1.807) is 18.4 Å². The lowest BCUT2D eigenvalue weighted by Crippen LogP contribution is -2.44. The molecule has 0 saturated carbocycles. The van der Waals surface area contributed by atoms with Crippen LogP contribution in [0.5, 0.6) is 0 Å². The van der Waals surface area contributed by atoms with Gasteiger partial charge < -0.3 is 15.0 Å². The van der Waals surface area contributed by atoms with Gasteiger partial charge in [-0.25, -0.2) is 4.79 Å². The number of aromatic nitrogens is 4. The van der Waals surface area contributed by atoms with Crippen molar-refractivity contribution in [2.45, 2.75) is 26.9 Å². The Morgan fingerprint density at radius 1 is 1.25 bits per heavy atom. The summed E-state index contributed by atoms with van der Waals surface area (Å²) in [5, 5.41) is 3.27. The number of ether oxygens (including phenoxy) is 1. The minimum Gasteiger partial charge on any atom is -0.465 e. The molecule has 3 rings (SSSR count). The van der Waals surface area contributed by atoms with Crippen LogP contribution in [0.3, 0.4) is 0 Å². The van der Waals surface area contributed by atoms with E-state index in [1.165, 1.54) is 11.6 Å². The number of nitrogens with zero attached hydrogens (tertiary/aromatic N) is 5.